The zero-order valence-electron chi connectivity index (χ0n) is 14.8. The molecule has 3 heterocycles. The lowest BCUT2D eigenvalue weighted by Crippen LogP contribution is -2.47. The van der Waals surface area contributed by atoms with E-state index in [-0.39, 0.29) is 5.91 Å². The number of ether oxygens (including phenoxy) is 3. The van der Waals surface area contributed by atoms with Crippen LogP contribution in [0.5, 0.6) is 5.75 Å². The van der Waals surface area contributed by atoms with Crippen LogP contribution in [0.1, 0.15) is 33.9 Å². The van der Waals surface area contributed by atoms with Gasteiger partial charge in [-0.2, -0.15) is 0 Å². The Morgan fingerprint density at radius 1 is 1.23 bits per heavy atom. The number of piperidine rings is 1. The SMILES string of the molecule is Cc1csc(COc2ccc(C(=O)N3CCC4(CC3)OCCO4)cc2)n1. The highest BCUT2D eigenvalue weighted by atomic mass is 32.1. The fraction of sp³-hybridized carbons (Fsp3) is 0.474. The van der Waals surface area contributed by atoms with Crippen LogP contribution in [0.25, 0.3) is 0 Å². The first-order valence-electron chi connectivity index (χ1n) is 8.85. The highest BCUT2D eigenvalue weighted by molar-refractivity contribution is 7.09. The number of carbonyl (C=O) groups excluding carboxylic acids is 1. The van der Waals surface area contributed by atoms with E-state index in [1.165, 1.54) is 0 Å². The lowest BCUT2D eigenvalue weighted by atomic mass is 10.0. The van der Waals surface area contributed by atoms with Crippen molar-refractivity contribution in [2.24, 2.45) is 0 Å². The Morgan fingerprint density at radius 2 is 1.92 bits per heavy atom. The van der Waals surface area contributed by atoms with Gasteiger partial charge < -0.3 is 19.1 Å². The van der Waals surface area contributed by atoms with E-state index in [0.717, 1.165) is 29.3 Å². The minimum atomic E-state index is -0.456. The van der Waals surface area contributed by atoms with Gasteiger partial charge in [0, 0.05) is 42.6 Å². The van der Waals surface area contributed by atoms with Gasteiger partial charge in [0.25, 0.3) is 5.91 Å². The number of aryl methyl sites for hydroxylation is 1. The van der Waals surface area contributed by atoms with Crippen molar-refractivity contribution in [2.45, 2.75) is 32.2 Å². The molecule has 26 heavy (non-hydrogen) atoms. The Kier molecular flexibility index (Phi) is 4.93. The fourth-order valence-electron chi connectivity index (χ4n) is 3.33. The molecule has 0 saturated carbocycles. The number of carbonyl (C=O) groups is 1. The average Bonchev–Trinajstić information content (AvgIpc) is 3.30. The van der Waals surface area contributed by atoms with E-state index in [4.69, 9.17) is 14.2 Å². The molecule has 0 bridgehead atoms. The van der Waals surface area contributed by atoms with Crippen LogP contribution in [0, 0.1) is 6.92 Å². The van der Waals surface area contributed by atoms with Crippen molar-refractivity contribution in [3.63, 3.8) is 0 Å². The summed E-state index contributed by atoms with van der Waals surface area (Å²) in [4.78, 5) is 18.9. The number of benzene rings is 1. The van der Waals surface area contributed by atoms with Gasteiger partial charge in [-0.05, 0) is 31.2 Å². The number of hydrogen-bond donors (Lipinski definition) is 0. The number of aromatic nitrogens is 1. The smallest absolute Gasteiger partial charge is 0.253 e. The van der Waals surface area contributed by atoms with E-state index in [1.54, 1.807) is 11.3 Å². The second-order valence-corrected chi connectivity index (χ2v) is 7.54. The molecular weight excluding hydrogens is 352 g/mol. The first kappa shape index (κ1) is 17.5. The van der Waals surface area contributed by atoms with Gasteiger partial charge in [0.1, 0.15) is 17.4 Å². The predicted molar refractivity (Wildman–Crippen MR) is 97.4 cm³/mol. The molecule has 2 aliphatic rings. The summed E-state index contributed by atoms with van der Waals surface area (Å²) in [6.45, 7) is 5.01. The van der Waals surface area contributed by atoms with Gasteiger partial charge in [-0.3, -0.25) is 4.79 Å². The molecule has 0 atom stereocenters. The molecule has 1 spiro atoms. The van der Waals surface area contributed by atoms with Crippen molar-refractivity contribution in [1.82, 2.24) is 9.88 Å². The Hall–Kier alpha value is -1.96. The number of likely N-dealkylation sites (tertiary alicyclic amines) is 1. The van der Waals surface area contributed by atoms with Crippen LogP contribution in [0.15, 0.2) is 29.6 Å². The van der Waals surface area contributed by atoms with E-state index >= 15 is 0 Å². The summed E-state index contributed by atoms with van der Waals surface area (Å²) >= 11 is 1.59. The molecule has 0 radical (unpaired) electrons. The Morgan fingerprint density at radius 3 is 2.54 bits per heavy atom. The molecule has 6 nitrogen and oxygen atoms in total. The molecule has 2 aromatic rings. The van der Waals surface area contributed by atoms with Gasteiger partial charge in [-0.15, -0.1) is 11.3 Å². The van der Waals surface area contributed by atoms with Gasteiger partial charge in [0.2, 0.25) is 0 Å². The first-order chi connectivity index (χ1) is 12.6. The average molecular weight is 374 g/mol. The zero-order chi connectivity index (χ0) is 18.0. The quantitative estimate of drug-likeness (QED) is 0.823. The maximum atomic E-state index is 12.7. The molecule has 1 aromatic heterocycles. The van der Waals surface area contributed by atoms with Crippen molar-refractivity contribution in [2.75, 3.05) is 26.3 Å². The van der Waals surface area contributed by atoms with Crippen LogP contribution in [0.4, 0.5) is 0 Å². The number of thiazole rings is 1. The van der Waals surface area contributed by atoms with E-state index in [2.05, 4.69) is 4.98 Å². The van der Waals surface area contributed by atoms with Crippen LogP contribution in [-0.2, 0) is 16.1 Å². The lowest BCUT2D eigenvalue weighted by molar-refractivity contribution is -0.181. The lowest BCUT2D eigenvalue weighted by Gasteiger charge is -2.37. The third kappa shape index (κ3) is 3.75. The summed E-state index contributed by atoms with van der Waals surface area (Å²) in [5.41, 5.74) is 1.68. The summed E-state index contributed by atoms with van der Waals surface area (Å²) in [5.74, 6) is 0.322. The Balaban J connectivity index is 1.32. The normalized spacial score (nSPS) is 19.0. The van der Waals surface area contributed by atoms with Gasteiger partial charge in [0.15, 0.2) is 5.79 Å². The molecule has 0 N–H and O–H groups in total. The molecule has 1 aromatic carbocycles. The minimum absolute atomic E-state index is 0.0416. The molecule has 2 saturated heterocycles. The van der Waals surface area contributed by atoms with Crippen molar-refractivity contribution in [3.8, 4) is 5.75 Å². The van der Waals surface area contributed by atoms with Crippen LogP contribution in [0.3, 0.4) is 0 Å². The van der Waals surface area contributed by atoms with Crippen molar-refractivity contribution < 1.29 is 19.0 Å². The van der Waals surface area contributed by atoms with Gasteiger partial charge in [-0.1, -0.05) is 0 Å². The van der Waals surface area contributed by atoms with Gasteiger partial charge >= 0.3 is 0 Å². The van der Waals surface area contributed by atoms with Crippen molar-refractivity contribution in [1.29, 1.82) is 0 Å². The third-order valence-corrected chi connectivity index (χ3v) is 5.70. The third-order valence-electron chi connectivity index (χ3n) is 4.76. The number of rotatable bonds is 4. The van der Waals surface area contributed by atoms with E-state index in [1.807, 2.05) is 41.5 Å². The standard InChI is InChI=1S/C19H22N2O4S/c1-14-13-26-17(20-14)12-23-16-4-2-15(3-5-16)18(22)21-8-6-19(7-9-21)24-10-11-25-19/h2-5,13H,6-12H2,1H3. The monoisotopic (exact) mass is 374 g/mol. The molecule has 4 rings (SSSR count). The van der Waals surface area contributed by atoms with E-state index in [0.29, 0.717) is 38.5 Å². The molecule has 7 heteroatoms. The summed E-state index contributed by atoms with van der Waals surface area (Å²) in [6.07, 6.45) is 1.46. The largest absolute Gasteiger partial charge is 0.486 e. The van der Waals surface area contributed by atoms with Gasteiger partial charge in [0.05, 0.1) is 13.2 Å². The minimum Gasteiger partial charge on any atom is -0.486 e. The predicted octanol–water partition coefficient (Wildman–Crippen LogP) is 3.01. The van der Waals surface area contributed by atoms with Crippen LogP contribution < -0.4 is 4.74 Å². The molecule has 0 unspecified atom stereocenters. The van der Waals surface area contributed by atoms with Crippen LogP contribution in [0.2, 0.25) is 0 Å². The number of hydrogen-bond acceptors (Lipinski definition) is 6. The Bertz CT molecular complexity index is 758. The van der Waals surface area contributed by atoms with Gasteiger partial charge in [-0.25, -0.2) is 4.98 Å². The van der Waals surface area contributed by atoms with Crippen LogP contribution in [-0.4, -0.2) is 47.9 Å². The fourth-order valence-corrected chi connectivity index (χ4v) is 4.01. The first-order valence-corrected chi connectivity index (χ1v) is 9.73. The molecule has 138 valence electrons. The highest BCUT2D eigenvalue weighted by Gasteiger charge is 2.40. The van der Waals surface area contributed by atoms with E-state index in [9.17, 15) is 4.79 Å². The maximum absolute atomic E-state index is 12.7. The highest BCUT2D eigenvalue weighted by Crippen LogP contribution is 2.31. The Labute approximate surface area is 156 Å². The van der Waals surface area contributed by atoms with Crippen LogP contribution >= 0.6 is 11.3 Å². The zero-order valence-corrected chi connectivity index (χ0v) is 15.6. The molecule has 0 aliphatic carbocycles. The summed E-state index contributed by atoms with van der Waals surface area (Å²) in [7, 11) is 0. The summed E-state index contributed by atoms with van der Waals surface area (Å²) in [6, 6.07) is 7.31. The van der Waals surface area contributed by atoms with Crippen molar-refractivity contribution >= 4 is 17.2 Å². The molecule has 2 aliphatic heterocycles. The molecular formula is C19H22N2O4S. The second-order valence-electron chi connectivity index (χ2n) is 6.60. The number of amides is 1. The topological polar surface area (TPSA) is 60.9 Å². The number of nitrogens with zero attached hydrogens (tertiary/aromatic N) is 2. The van der Waals surface area contributed by atoms with E-state index < -0.39 is 5.79 Å². The maximum Gasteiger partial charge on any atom is 0.253 e. The second kappa shape index (κ2) is 7.34. The summed E-state index contributed by atoms with van der Waals surface area (Å²) in [5, 5.41) is 2.95. The molecule has 1 amide bonds. The summed E-state index contributed by atoms with van der Waals surface area (Å²) < 4.78 is 17.2. The molecule has 2 fully saturated rings. The van der Waals surface area contributed by atoms with Crippen molar-refractivity contribution in [3.05, 3.63) is 45.9 Å².